The summed E-state index contributed by atoms with van der Waals surface area (Å²) in [7, 11) is 0. The van der Waals surface area contributed by atoms with Gasteiger partial charge in [0, 0.05) is 24.8 Å². The predicted molar refractivity (Wildman–Crippen MR) is 241 cm³/mol. The van der Waals surface area contributed by atoms with E-state index in [-0.39, 0.29) is 25.0 Å². The molecular formula is C54H54O6. The van der Waals surface area contributed by atoms with E-state index in [9.17, 15) is 9.59 Å². The van der Waals surface area contributed by atoms with Gasteiger partial charge >= 0.3 is 11.9 Å². The molecular weight excluding hydrogens is 745 g/mol. The molecule has 0 radical (unpaired) electrons. The van der Waals surface area contributed by atoms with Crippen LogP contribution in [-0.4, -0.2) is 22.2 Å². The number of carbonyl (C=O) groups is 2. The Labute approximate surface area is 354 Å². The van der Waals surface area contributed by atoms with Gasteiger partial charge in [-0.25, -0.2) is 0 Å². The molecule has 0 saturated heterocycles. The van der Waals surface area contributed by atoms with Crippen molar-refractivity contribution >= 4 is 18.0 Å². The molecule has 2 atom stereocenters. The minimum absolute atomic E-state index is 0.0281. The summed E-state index contributed by atoms with van der Waals surface area (Å²) in [5, 5.41) is 17.9. The number of rotatable bonds is 10. The fraction of sp³-hybridized carbons (Fsp3) is 0.259. The Balaban J connectivity index is 0.000000181. The molecule has 0 bridgehead atoms. The van der Waals surface area contributed by atoms with Crippen LogP contribution in [0, 0.1) is 27.7 Å². The highest BCUT2D eigenvalue weighted by atomic mass is 16.5. The molecule has 306 valence electrons. The van der Waals surface area contributed by atoms with Crippen LogP contribution in [0.15, 0.2) is 127 Å². The molecule has 2 heterocycles. The highest BCUT2D eigenvalue weighted by Crippen LogP contribution is 2.38. The lowest BCUT2D eigenvalue weighted by Crippen LogP contribution is -2.07. The largest absolute Gasteiger partial charge is 0.485 e. The zero-order valence-electron chi connectivity index (χ0n) is 35.0. The van der Waals surface area contributed by atoms with Crippen molar-refractivity contribution in [1.29, 1.82) is 0 Å². The van der Waals surface area contributed by atoms with Gasteiger partial charge in [0.25, 0.3) is 0 Å². The number of aliphatic carboxylic acids is 2. The van der Waals surface area contributed by atoms with E-state index in [0.717, 1.165) is 59.4 Å². The standard InChI is InChI=1S/C27H28O3.C27H26O3/c2*1-18-6-3-7-19(2)27(18)23-10-4-8-22(17-23)24-11-5-9-21-16-20(13-15-26(28)29)12-14-25(21)30-24/h3-4,6-8,10,12,14,16-17,24H,5,9,11,13,15H2,1-2H3,(H,28,29);3-10,12,14,16-17,24H,11,13,15H2,1-2H3,(H,28,29). The van der Waals surface area contributed by atoms with E-state index in [4.69, 9.17) is 19.7 Å². The van der Waals surface area contributed by atoms with Crippen LogP contribution in [0.25, 0.3) is 28.3 Å². The van der Waals surface area contributed by atoms with Crippen molar-refractivity contribution in [2.75, 3.05) is 0 Å². The lowest BCUT2D eigenvalue weighted by molar-refractivity contribution is -0.138. The van der Waals surface area contributed by atoms with Crippen LogP contribution < -0.4 is 9.47 Å². The Morgan fingerprint density at radius 3 is 1.65 bits per heavy atom. The molecule has 0 aliphatic carbocycles. The van der Waals surface area contributed by atoms with E-state index in [1.165, 1.54) is 55.6 Å². The monoisotopic (exact) mass is 798 g/mol. The van der Waals surface area contributed by atoms with Gasteiger partial charge in [0.2, 0.25) is 0 Å². The minimum atomic E-state index is -0.777. The summed E-state index contributed by atoms with van der Waals surface area (Å²) >= 11 is 0. The molecule has 0 aromatic heterocycles. The average molecular weight is 799 g/mol. The zero-order chi connectivity index (χ0) is 42.2. The topological polar surface area (TPSA) is 93.1 Å². The maximum atomic E-state index is 10.9. The lowest BCUT2D eigenvalue weighted by Gasteiger charge is -2.20. The van der Waals surface area contributed by atoms with Gasteiger partial charge in [0.1, 0.15) is 23.7 Å². The Hall–Kier alpha value is -6.40. The van der Waals surface area contributed by atoms with Crippen molar-refractivity contribution in [1.82, 2.24) is 0 Å². The molecule has 0 spiro atoms. The second-order valence-corrected chi connectivity index (χ2v) is 16.1. The van der Waals surface area contributed by atoms with Gasteiger partial charge in [0.05, 0.1) is 0 Å². The quantitative estimate of drug-likeness (QED) is 0.143. The third kappa shape index (κ3) is 10.2. The van der Waals surface area contributed by atoms with Crippen molar-refractivity contribution in [2.24, 2.45) is 0 Å². The first-order valence-corrected chi connectivity index (χ1v) is 21.0. The van der Waals surface area contributed by atoms with Gasteiger partial charge in [-0.3, -0.25) is 9.59 Å². The van der Waals surface area contributed by atoms with Crippen LogP contribution in [0.2, 0.25) is 0 Å². The van der Waals surface area contributed by atoms with Gasteiger partial charge in [-0.1, -0.05) is 103 Å². The molecule has 2 aliphatic heterocycles. The third-order valence-corrected chi connectivity index (χ3v) is 11.6. The highest BCUT2D eigenvalue weighted by Gasteiger charge is 2.22. The molecule has 2 N–H and O–H groups in total. The first-order chi connectivity index (χ1) is 29.0. The number of aryl methyl sites for hydroxylation is 7. The maximum Gasteiger partial charge on any atom is 0.303 e. The van der Waals surface area contributed by atoms with Crippen LogP contribution in [0.4, 0.5) is 0 Å². The number of carboxylic acid groups (broad SMARTS) is 2. The summed E-state index contributed by atoms with van der Waals surface area (Å²) in [5.41, 5.74) is 16.8. The van der Waals surface area contributed by atoms with Gasteiger partial charge in [0.15, 0.2) is 0 Å². The number of benzene rings is 6. The molecule has 2 aliphatic rings. The smallest absolute Gasteiger partial charge is 0.303 e. The van der Waals surface area contributed by atoms with Gasteiger partial charge in [-0.15, -0.1) is 0 Å². The number of hydrogen-bond acceptors (Lipinski definition) is 4. The van der Waals surface area contributed by atoms with Crippen molar-refractivity contribution in [3.8, 4) is 33.8 Å². The molecule has 6 nitrogen and oxygen atoms in total. The summed E-state index contributed by atoms with van der Waals surface area (Å²) in [6.07, 6.45) is 9.34. The second kappa shape index (κ2) is 19.1. The molecule has 2 unspecified atom stereocenters. The Kier molecular flexibility index (Phi) is 13.3. The molecule has 60 heavy (non-hydrogen) atoms. The van der Waals surface area contributed by atoms with Crippen LogP contribution in [0.1, 0.15) is 99.9 Å². The Morgan fingerprint density at radius 1 is 0.583 bits per heavy atom. The van der Waals surface area contributed by atoms with Crippen molar-refractivity contribution in [3.05, 3.63) is 183 Å². The molecule has 0 amide bonds. The first kappa shape index (κ1) is 41.7. The maximum absolute atomic E-state index is 10.9. The number of hydrogen-bond donors (Lipinski definition) is 2. The van der Waals surface area contributed by atoms with E-state index < -0.39 is 11.9 Å². The van der Waals surface area contributed by atoms with Crippen molar-refractivity contribution in [3.63, 3.8) is 0 Å². The van der Waals surface area contributed by atoms with E-state index in [2.05, 4.69) is 131 Å². The molecule has 8 rings (SSSR count). The zero-order valence-corrected chi connectivity index (χ0v) is 35.0. The van der Waals surface area contributed by atoms with E-state index in [1.807, 2.05) is 30.3 Å². The first-order valence-electron chi connectivity index (χ1n) is 21.0. The van der Waals surface area contributed by atoms with Crippen LogP contribution in [0.3, 0.4) is 0 Å². The number of carboxylic acids is 2. The molecule has 6 heteroatoms. The van der Waals surface area contributed by atoms with E-state index in [0.29, 0.717) is 12.8 Å². The molecule has 0 fully saturated rings. The van der Waals surface area contributed by atoms with Crippen LogP contribution >= 0.6 is 0 Å². The normalized spacial score (nSPS) is 15.5. The van der Waals surface area contributed by atoms with Gasteiger partial charge in [-0.2, -0.15) is 0 Å². The van der Waals surface area contributed by atoms with E-state index in [1.54, 1.807) is 0 Å². The van der Waals surface area contributed by atoms with Gasteiger partial charge in [-0.05, 0) is 162 Å². The second-order valence-electron chi connectivity index (χ2n) is 16.1. The van der Waals surface area contributed by atoms with Crippen molar-refractivity contribution < 1.29 is 29.3 Å². The predicted octanol–water partition coefficient (Wildman–Crippen LogP) is 13.0. The summed E-state index contributed by atoms with van der Waals surface area (Å²) in [5.74, 6) is 0.227. The lowest BCUT2D eigenvalue weighted by atomic mass is 9.93. The number of ether oxygens (including phenoxy) is 2. The van der Waals surface area contributed by atoms with Crippen LogP contribution in [-0.2, 0) is 28.9 Å². The average Bonchev–Trinajstić information content (AvgIpc) is 3.59. The fourth-order valence-electron chi connectivity index (χ4n) is 8.57. The molecule has 6 aromatic carbocycles. The highest BCUT2D eigenvalue weighted by molar-refractivity contribution is 5.73. The van der Waals surface area contributed by atoms with Crippen LogP contribution in [0.5, 0.6) is 11.5 Å². The van der Waals surface area contributed by atoms with Crippen molar-refractivity contribution in [2.45, 2.75) is 91.3 Å². The SMILES string of the molecule is Cc1cccc(C)c1-c1cccc(C2CC=Cc3cc(CCC(=O)O)ccc3O2)c1.Cc1cccc(C)c1-c1cccc(C2CCCc3cc(CCC(=O)O)ccc3O2)c1. The minimum Gasteiger partial charge on any atom is -0.485 e. The Morgan fingerprint density at radius 2 is 1.08 bits per heavy atom. The molecule has 6 aromatic rings. The number of fused-ring (bicyclic) bond motifs is 2. The summed E-state index contributed by atoms with van der Waals surface area (Å²) in [6, 6.07) is 42.3. The van der Waals surface area contributed by atoms with E-state index >= 15 is 0 Å². The summed E-state index contributed by atoms with van der Waals surface area (Å²) in [4.78, 5) is 21.7. The summed E-state index contributed by atoms with van der Waals surface area (Å²) < 4.78 is 12.9. The Bertz CT molecular complexity index is 2490. The fourth-order valence-corrected chi connectivity index (χ4v) is 8.57. The summed E-state index contributed by atoms with van der Waals surface area (Å²) in [6.45, 7) is 8.63. The molecule has 0 saturated carbocycles. The third-order valence-electron chi connectivity index (χ3n) is 11.6. The van der Waals surface area contributed by atoms with Gasteiger partial charge < -0.3 is 19.7 Å².